The van der Waals surface area contributed by atoms with Gasteiger partial charge in [0.25, 0.3) is 0 Å². The van der Waals surface area contributed by atoms with E-state index in [2.05, 4.69) is 0 Å². The fraction of sp³-hybridized carbons (Fsp3) is 0.909. The van der Waals surface area contributed by atoms with Crippen molar-refractivity contribution < 1.29 is 14.2 Å². The number of unbranched alkanes of at least 4 members (excludes halogenated alkanes) is 1. The molecule has 0 amide bonds. The Bertz CT molecular complexity index is 231. The number of rotatable bonds is 9. The predicted molar refractivity (Wildman–Crippen MR) is 72.8 cm³/mol. The summed E-state index contributed by atoms with van der Waals surface area (Å²) in [5.74, 6) is 0. The summed E-state index contributed by atoms with van der Waals surface area (Å²) in [6, 6.07) is -0.0888. The summed E-state index contributed by atoms with van der Waals surface area (Å²) in [6.45, 7) is 1.03. The predicted octanol–water partition coefficient (Wildman–Crippen LogP) is 0.0647. The maximum Gasteiger partial charge on any atom is 0.234 e. The molecule has 0 fully saturated rings. The van der Waals surface area contributed by atoms with Crippen molar-refractivity contribution in [1.29, 1.82) is 0 Å². The number of quaternary nitrogens is 1. The van der Waals surface area contributed by atoms with Gasteiger partial charge in [0.15, 0.2) is 0 Å². The second-order valence-electron chi connectivity index (χ2n) is 5.47. The van der Waals surface area contributed by atoms with E-state index in [0.29, 0.717) is 23.7 Å². The van der Waals surface area contributed by atoms with E-state index in [0.717, 1.165) is 19.3 Å². The van der Waals surface area contributed by atoms with E-state index in [4.69, 9.17) is 11.5 Å². The number of nitrogens with two attached hydrogens (primary N) is 2. The first-order valence-electron chi connectivity index (χ1n) is 6.01. The van der Waals surface area contributed by atoms with Crippen molar-refractivity contribution in [2.75, 3.05) is 40.4 Å². The van der Waals surface area contributed by atoms with Crippen molar-refractivity contribution in [2.45, 2.75) is 25.3 Å². The van der Waals surface area contributed by atoms with Crippen molar-refractivity contribution in [3.05, 3.63) is 0 Å². The van der Waals surface area contributed by atoms with Crippen molar-refractivity contribution in [3.8, 4) is 0 Å². The number of carbonyl (C=O) groups excluding carboxylic acids is 1. The summed E-state index contributed by atoms with van der Waals surface area (Å²) in [7, 11) is 4.22. The van der Waals surface area contributed by atoms with Gasteiger partial charge in [-0.15, -0.1) is 0 Å². The first-order chi connectivity index (χ1) is 7.76. The maximum absolute atomic E-state index is 11.7. The van der Waals surface area contributed by atoms with Gasteiger partial charge in [-0.1, -0.05) is 6.42 Å². The second-order valence-corrected chi connectivity index (χ2v) is 7.13. The highest BCUT2D eigenvalue weighted by atomic mass is 31.1. The molecule has 0 saturated heterocycles. The van der Waals surface area contributed by atoms with Gasteiger partial charge in [-0.3, -0.25) is 4.79 Å². The van der Waals surface area contributed by atoms with E-state index < -0.39 is 8.15 Å². The van der Waals surface area contributed by atoms with Gasteiger partial charge in [0.1, 0.15) is 14.7 Å². The molecular formula is C11H27N3O2P+. The molecule has 5 N–H and O–H groups in total. The van der Waals surface area contributed by atoms with Crippen molar-refractivity contribution in [2.24, 2.45) is 11.5 Å². The molecule has 0 radical (unpaired) electrons. The number of hydrogen-bond acceptors (Lipinski definition) is 4. The molecule has 0 spiro atoms. The minimum atomic E-state index is -1.58. The Hall–Kier alpha value is -0.0600. The summed E-state index contributed by atoms with van der Waals surface area (Å²) in [4.78, 5) is 21.5. The topological polar surface area (TPSA) is 89.3 Å². The lowest BCUT2D eigenvalue weighted by molar-refractivity contribution is -0.861. The average Bonchev–Trinajstić information content (AvgIpc) is 2.15. The van der Waals surface area contributed by atoms with Gasteiger partial charge in [-0.05, 0) is 19.4 Å². The smallest absolute Gasteiger partial charge is 0.234 e. The summed E-state index contributed by atoms with van der Waals surface area (Å²) in [5.41, 5.74) is 11.2. The Morgan fingerprint density at radius 3 is 2.41 bits per heavy atom. The Labute approximate surface area is 106 Å². The van der Waals surface area contributed by atoms with Gasteiger partial charge < -0.3 is 20.8 Å². The van der Waals surface area contributed by atoms with Crippen molar-refractivity contribution >= 4 is 13.7 Å². The molecule has 0 bridgehead atoms. The van der Waals surface area contributed by atoms with Gasteiger partial charge in [-0.2, -0.15) is 0 Å². The van der Waals surface area contributed by atoms with Gasteiger partial charge in [0.2, 0.25) is 5.52 Å². The van der Waals surface area contributed by atoms with E-state index in [1.165, 1.54) is 0 Å². The van der Waals surface area contributed by atoms with Crippen LogP contribution in [0.1, 0.15) is 19.3 Å². The molecule has 0 aliphatic rings. The molecule has 0 aliphatic carbocycles. The average molecular weight is 264 g/mol. The lowest BCUT2D eigenvalue weighted by Gasteiger charge is -2.24. The quantitative estimate of drug-likeness (QED) is 0.312. The van der Waals surface area contributed by atoms with Crippen LogP contribution in [-0.2, 0) is 4.79 Å². The van der Waals surface area contributed by atoms with Crippen LogP contribution in [0.5, 0.6) is 0 Å². The van der Waals surface area contributed by atoms with Crippen LogP contribution in [0.4, 0.5) is 0 Å². The highest BCUT2D eigenvalue weighted by molar-refractivity contribution is 7.69. The highest BCUT2D eigenvalue weighted by Gasteiger charge is 2.24. The third-order valence-corrected chi connectivity index (χ3v) is 3.87. The molecule has 2 atom stereocenters. The highest BCUT2D eigenvalue weighted by Crippen LogP contribution is 2.32. The standard InChI is InChI=1S/C11H27N3O2P/c1-14(2,3)8-11(15)17(16)9-10(13)6-4-5-7-12/h10,16H,4-9,12-13H2,1-3H3/q+1. The van der Waals surface area contributed by atoms with E-state index in [9.17, 15) is 9.69 Å². The Morgan fingerprint density at radius 1 is 1.35 bits per heavy atom. The largest absolute Gasteiger partial charge is 0.366 e. The van der Waals surface area contributed by atoms with Crippen LogP contribution in [0.2, 0.25) is 0 Å². The number of nitrogens with zero attached hydrogens (tertiary/aromatic N) is 1. The summed E-state index contributed by atoms with van der Waals surface area (Å²) < 4.78 is 0.542. The molecule has 5 nitrogen and oxygen atoms in total. The lowest BCUT2D eigenvalue weighted by atomic mass is 10.1. The molecular weight excluding hydrogens is 237 g/mol. The van der Waals surface area contributed by atoms with Crippen LogP contribution in [-0.4, -0.2) is 61.3 Å². The van der Waals surface area contributed by atoms with Crippen LogP contribution in [0, 0.1) is 0 Å². The van der Waals surface area contributed by atoms with E-state index >= 15 is 0 Å². The van der Waals surface area contributed by atoms with Crippen LogP contribution in [0.15, 0.2) is 0 Å². The van der Waals surface area contributed by atoms with Gasteiger partial charge >= 0.3 is 0 Å². The third-order valence-electron chi connectivity index (χ3n) is 2.33. The van der Waals surface area contributed by atoms with Crippen LogP contribution in [0.3, 0.4) is 0 Å². The molecule has 102 valence electrons. The molecule has 0 heterocycles. The maximum atomic E-state index is 11.7. The molecule has 0 aromatic heterocycles. The molecule has 6 heteroatoms. The van der Waals surface area contributed by atoms with E-state index in [1.807, 2.05) is 21.1 Å². The molecule has 17 heavy (non-hydrogen) atoms. The monoisotopic (exact) mass is 264 g/mol. The minimum absolute atomic E-state index is 0.0678. The van der Waals surface area contributed by atoms with Gasteiger partial charge in [0.05, 0.1) is 21.1 Å². The lowest BCUT2D eigenvalue weighted by Crippen LogP contribution is -2.39. The van der Waals surface area contributed by atoms with Crippen LogP contribution >= 0.6 is 8.15 Å². The minimum Gasteiger partial charge on any atom is -0.366 e. The normalized spacial score (nSPS) is 15.6. The van der Waals surface area contributed by atoms with E-state index in [1.54, 1.807) is 0 Å². The Kier molecular flexibility index (Phi) is 8.09. The Balaban J connectivity index is 3.90. The number of hydrogen-bond donors (Lipinski definition) is 3. The third kappa shape index (κ3) is 9.62. The molecule has 0 saturated carbocycles. The summed E-state index contributed by atoms with van der Waals surface area (Å²) in [5, 5.41) is 0. The zero-order valence-corrected chi connectivity index (χ0v) is 12.1. The Morgan fingerprint density at radius 2 is 1.94 bits per heavy atom. The molecule has 0 aromatic rings. The first-order valence-corrected chi connectivity index (χ1v) is 7.49. The summed E-state index contributed by atoms with van der Waals surface area (Å²) >= 11 is 0. The van der Waals surface area contributed by atoms with Crippen molar-refractivity contribution in [3.63, 3.8) is 0 Å². The second kappa shape index (κ2) is 8.11. The van der Waals surface area contributed by atoms with Gasteiger partial charge in [-0.25, -0.2) is 0 Å². The SMILES string of the molecule is C[N+](C)(C)CC(=O)P(O)CC(N)CCCCN. The zero-order valence-electron chi connectivity index (χ0n) is 11.2. The molecule has 0 rings (SSSR count). The molecule has 2 unspecified atom stereocenters. The zero-order chi connectivity index (χ0) is 13.5. The first kappa shape index (κ1) is 16.9. The number of likely N-dealkylation sites (N-methyl/N-ethyl adjacent to an activating group) is 1. The fourth-order valence-corrected chi connectivity index (χ4v) is 2.87. The van der Waals surface area contributed by atoms with Gasteiger partial charge in [0, 0.05) is 12.2 Å². The van der Waals surface area contributed by atoms with Crippen LogP contribution in [0.25, 0.3) is 0 Å². The molecule has 0 aliphatic heterocycles. The fourth-order valence-electron chi connectivity index (χ4n) is 1.45. The van der Waals surface area contributed by atoms with Crippen molar-refractivity contribution in [1.82, 2.24) is 0 Å². The van der Waals surface area contributed by atoms with Crippen LogP contribution < -0.4 is 11.5 Å². The summed E-state index contributed by atoms with van der Waals surface area (Å²) in [6.07, 6.45) is 3.15. The number of carbonyl (C=O) groups is 1. The molecule has 0 aromatic carbocycles. The van der Waals surface area contributed by atoms with E-state index in [-0.39, 0.29) is 11.6 Å².